The number of ether oxygens (including phenoxy) is 2. The van der Waals surface area contributed by atoms with Gasteiger partial charge in [-0.15, -0.1) is 0 Å². The Morgan fingerprint density at radius 2 is 1.91 bits per heavy atom. The molecule has 3 rings (SSSR count). The Morgan fingerprint density at radius 1 is 1.17 bits per heavy atom. The van der Waals surface area contributed by atoms with Gasteiger partial charge in [-0.1, -0.05) is 6.07 Å². The molecule has 1 amide bonds. The van der Waals surface area contributed by atoms with Crippen LogP contribution >= 0.6 is 0 Å². The molecule has 1 aromatic rings. The fourth-order valence-electron chi connectivity index (χ4n) is 2.64. The average molecular weight is 324 g/mol. The third kappa shape index (κ3) is 3.98. The van der Waals surface area contributed by atoms with E-state index in [4.69, 9.17) is 9.47 Å². The summed E-state index contributed by atoms with van der Waals surface area (Å²) in [7, 11) is 0. The molecule has 0 spiro atoms. The Balaban J connectivity index is 1.53. The van der Waals surface area contributed by atoms with Crippen molar-refractivity contribution in [1.29, 1.82) is 0 Å². The van der Waals surface area contributed by atoms with E-state index in [-0.39, 0.29) is 19.2 Å². The lowest BCUT2D eigenvalue weighted by Gasteiger charge is -2.33. The topological polar surface area (TPSA) is 42.0 Å². The van der Waals surface area contributed by atoms with E-state index in [1.807, 2.05) is 12.1 Å². The van der Waals surface area contributed by atoms with Gasteiger partial charge < -0.3 is 14.4 Å². The van der Waals surface area contributed by atoms with Crippen LogP contribution in [0.2, 0.25) is 0 Å². The van der Waals surface area contributed by atoms with Crippen LogP contribution in [-0.4, -0.2) is 61.6 Å². The number of carbonyl (C=O) groups excluding carboxylic acids is 1. The number of piperazine rings is 1. The zero-order valence-electron chi connectivity index (χ0n) is 12.6. The fraction of sp³-hybridized carbons (Fsp3) is 0.438. The molecule has 1 aromatic carbocycles. The first-order valence-electron chi connectivity index (χ1n) is 7.49. The van der Waals surface area contributed by atoms with Gasteiger partial charge in [0.2, 0.25) is 12.7 Å². The van der Waals surface area contributed by atoms with Crippen LogP contribution in [0.1, 0.15) is 5.56 Å². The molecule has 0 aromatic heterocycles. The minimum absolute atomic E-state index is 0.112. The Bertz CT molecular complexity index is 599. The molecule has 1 fully saturated rings. The molecule has 0 atom stereocenters. The van der Waals surface area contributed by atoms with Crippen LogP contribution in [0.3, 0.4) is 0 Å². The van der Waals surface area contributed by atoms with E-state index in [1.165, 1.54) is 6.08 Å². The van der Waals surface area contributed by atoms with Crippen LogP contribution in [0.5, 0.6) is 11.5 Å². The number of carbonyl (C=O) groups is 1. The summed E-state index contributed by atoms with van der Waals surface area (Å²) in [5.41, 5.74) is 0.846. The third-order valence-corrected chi connectivity index (χ3v) is 3.90. The maximum Gasteiger partial charge on any atom is 0.251 e. The summed E-state index contributed by atoms with van der Waals surface area (Å²) >= 11 is 0. The zero-order valence-corrected chi connectivity index (χ0v) is 12.6. The van der Waals surface area contributed by atoms with Crippen molar-refractivity contribution in [3.05, 3.63) is 29.8 Å². The van der Waals surface area contributed by atoms with Gasteiger partial charge in [0.25, 0.3) is 6.43 Å². The minimum atomic E-state index is -2.33. The van der Waals surface area contributed by atoms with E-state index in [0.717, 1.165) is 5.56 Å². The largest absolute Gasteiger partial charge is 0.454 e. The molecule has 2 aliphatic heterocycles. The number of hydrogen-bond donors (Lipinski definition) is 0. The second-order valence-corrected chi connectivity index (χ2v) is 5.46. The highest BCUT2D eigenvalue weighted by atomic mass is 19.3. The van der Waals surface area contributed by atoms with Gasteiger partial charge in [0.1, 0.15) is 0 Å². The standard InChI is InChI=1S/C16H18F2N2O3/c17-15(18)10-19-5-7-20(8-6-19)16(21)4-2-12-1-3-13-14(9-12)23-11-22-13/h1-4,9,15H,5-8,10-11H2. The van der Waals surface area contributed by atoms with E-state index >= 15 is 0 Å². The van der Waals surface area contributed by atoms with Crippen LogP contribution in [0.15, 0.2) is 24.3 Å². The zero-order chi connectivity index (χ0) is 16.2. The third-order valence-electron chi connectivity index (χ3n) is 3.90. The van der Waals surface area contributed by atoms with Crippen molar-refractivity contribution in [1.82, 2.24) is 9.80 Å². The van der Waals surface area contributed by atoms with E-state index in [2.05, 4.69) is 0 Å². The fourth-order valence-corrected chi connectivity index (χ4v) is 2.64. The van der Waals surface area contributed by atoms with Crippen LogP contribution < -0.4 is 9.47 Å². The maximum absolute atomic E-state index is 12.3. The molecule has 2 heterocycles. The minimum Gasteiger partial charge on any atom is -0.454 e. The summed E-state index contributed by atoms with van der Waals surface area (Å²) < 4.78 is 35.2. The number of alkyl halides is 2. The molecule has 7 heteroatoms. The molecule has 2 aliphatic rings. The molecule has 0 saturated carbocycles. The lowest BCUT2D eigenvalue weighted by molar-refractivity contribution is -0.127. The SMILES string of the molecule is O=C(C=Cc1ccc2c(c1)OCO2)N1CCN(CC(F)F)CC1. The van der Waals surface area contributed by atoms with Gasteiger partial charge in [-0.05, 0) is 23.8 Å². The first-order valence-corrected chi connectivity index (χ1v) is 7.49. The summed E-state index contributed by atoms with van der Waals surface area (Å²) in [5.74, 6) is 1.25. The van der Waals surface area contributed by atoms with Crippen LogP contribution in [0.4, 0.5) is 8.78 Å². The van der Waals surface area contributed by atoms with Crippen molar-refractivity contribution in [3.63, 3.8) is 0 Å². The summed E-state index contributed by atoms with van der Waals surface area (Å²) in [5, 5.41) is 0. The van der Waals surface area contributed by atoms with Crippen molar-refractivity contribution in [2.75, 3.05) is 39.5 Å². The van der Waals surface area contributed by atoms with Crippen molar-refractivity contribution in [3.8, 4) is 11.5 Å². The van der Waals surface area contributed by atoms with E-state index in [9.17, 15) is 13.6 Å². The Morgan fingerprint density at radius 3 is 2.65 bits per heavy atom. The summed E-state index contributed by atoms with van der Waals surface area (Å²) in [4.78, 5) is 15.5. The Hall–Kier alpha value is -2.15. The Labute approximate surface area is 133 Å². The van der Waals surface area contributed by atoms with Crippen molar-refractivity contribution >= 4 is 12.0 Å². The van der Waals surface area contributed by atoms with Gasteiger partial charge in [-0.25, -0.2) is 8.78 Å². The van der Waals surface area contributed by atoms with E-state index in [1.54, 1.807) is 21.9 Å². The number of fused-ring (bicyclic) bond motifs is 1. The molecule has 0 N–H and O–H groups in total. The van der Waals surface area contributed by atoms with Gasteiger partial charge in [0, 0.05) is 32.3 Å². The molecule has 0 unspecified atom stereocenters. The van der Waals surface area contributed by atoms with Gasteiger partial charge in [0.05, 0.1) is 6.54 Å². The summed E-state index contributed by atoms with van der Waals surface area (Å²) in [6.45, 7) is 1.88. The van der Waals surface area contributed by atoms with Gasteiger partial charge >= 0.3 is 0 Å². The molecule has 5 nitrogen and oxygen atoms in total. The summed E-state index contributed by atoms with van der Waals surface area (Å²) in [6.07, 6.45) is 0.888. The molecule has 0 radical (unpaired) electrons. The molecule has 1 saturated heterocycles. The van der Waals surface area contributed by atoms with Crippen molar-refractivity contribution in [2.24, 2.45) is 0 Å². The van der Waals surface area contributed by atoms with Crippen molar-refractivity contribution < 1.29 is 23.0 Å². The second-order valence-electron chi connectivity index (χ2n) is 5.46. The van der Waals surface area contributed by atoms with Gasteiger partial charge in [-0.3, -0.25) is 9.69 Å². The smallest absolute Gasteiger partial charge is 0.251 e. The van der Waals surface area contributed by atoms with Gasteiger partial charge in [-0.2, -0.15) is 0 Å². The monoisotopic (exact) mass is 324 g/mol. The van der Waals surface area contributed by atoms with E-state index < -0.39 is 6.43 Å². The van der Waals surface area contributed by atoms with E-state index in [0.29, 0.717) is 37.7 Å². The number of benzene rings is 1. The van der Waals surface area contributed by atoms with Crippen LogP contribution in [-0.2, 0) is 4.79 Å². The molecule has 23 heavy (non-hydrogen) atoms. The molecular formula is C16H18F2N2O3. The predicted octanol–water partition coefficient (Wildman–Crippen LogP) is 1.84. The highest BCUT2D eigenvalue weighted by Crippen LogP contribution is 2.32. The molecule has 124 valence electrons. The maximum atomic E-state index is 12.3. The molecule has 0 aliphatic carbocycles. The van der Waals surface area contributed by atoms with Crippen LogP contribution in [0, 0.1) is 0 Å². The highest BCUT2D eigenvalue weighted by Gasteiger charge is 2.21. The van der Waals surface area contributed by atoms with Crippen molar-refractivity contribution in [2.45, 2.75) is 6.43 Å². The number of amides is 1. The first kappa shape index (κ1) is 15.7. The Kier molecular flexibility index (Phi) is 4.76. The highest BCUT2D eigenvalue weighted by molar-refractivity contribution is 5.92. The lowest BCUT2D eigenvalue weighted by Crippen LogP contribution is -2.49. The molecular weight excluding hydrogens is 306 g/mol. The number of halogens is 2. The first-order chi connectivity index (χ1) is 11.1. The number of nitrogens with zero attached hydrogens (tertiary/aromatic N) is 2. The van der Waals surface area contributed by atoms with Crippen LogP contribution in [0.25, 0.3) is 6.08 Å². The molecule has 0 bridgehead atoms. The summed E-state index contributed by atoms with van der Waals surface area (Å²) in [6, 6.07) is 5.46. The quantitative estimate of drug-likeness (QED) is 0.793. The lowest BCUT2D eigenvalue weighted by atomic mass is 10.2. The van der Waals surface area contributed by atoms with Gasteiger partial charge in [0.15, 0.2) is 11.5 Å². The normalized spacial score (nSPS) is 18.1. The predicted molar refractivity (Wildman–Crippen MR) is 80.6 cm³/mol. The second kappa shape index (κ2) is 6.95. The number of rotatable bonds is 4. The average Bonchev–Trinajstić information content (AvgIpc) is 3.00. The number of hydrogen-bond acceptors (Lipinski definition) is 4.